The zero-order chi connectivity index (χ0) is 15.6. The lowest BCUT2D eigenvalue weighted by molar-refractivity contribution is 0.664. The first kappa shape index (κ1) is 12.8. The number of hydrogen-bond donors (Lipinski definition) is 0. The van der Waals surface area contributed by atoms with Crippen molar-refractivity contribution in [2.24, 2.45) is 0 Å². The summed E-state index contributed by atoms with van der Waals surface area (Å²) >= 11 is 0. The molecule has 0 spiro atoms. The van der Waals surface area contributed by atoms with E-state index >= 15 is 0 Å². The Kier molecular flexibility index (Phi) is 2.44. The van der Waals surface area contributed by atoms with Crippen molar-refractivity contribution in [1.29, 1.82) is 0 Å². The van der Waals surface area contributed by atoms with Crippen molar-refractivity contribution in [3.8, 4) is 0 Å². The lowest BCUT2D eigenvalue weighted by Gasteiger charge is -1.95. The molecule has 0 aliphatic rings. The SMILES string of the molecule is CCc1ccc2oc3cc4c(cc3c2c1)oc1ccc(C)cc14. The van der Waals surface area contributed by atoms with Crippen molar-refractivity contribution >= 4 is 43.9 Å². The molecule has 0 saturated heterocycles. The second kappa shape index (κ2) is 4.39. The monoisotopic (exact) mass is 300 g/mol. The first-order valence-corrected chi connectivity index (χ1v) is 8.01. The first-order chi connectivity index (χ1) is 11.2. The molecule has 0 radical (unpaired) electrons. The maximum Gasteiger partial charge on any atom is 0.136 e. The number of fused-ring (bicyclic) bond motifs is 6. The van der Waals surface area contributed by atoms with E-state index < -0.39 is 0 Å². The lowest BCUT2D eigenvalue weighted by atomic mass is 10.1. The third kappa shape index (κ3) is 1.75. The molecule has 23 heavy (non-hydrogen) atoms. The Balaban J connectivity index is 1.94. The molecule has 0 fully saturated rings. The zero-order valence-electron chi connectivity index (χ0n) is 13.1. The van der Waals surface area contributed by atoms with E-state index in [0.29, 0.717) is 0 Å². The molecule has 0 atom stereocenters. The molecule has 2 nitrogen and oxygen atoms in total. The highest BCUT2D eigenvalue weighted by atomic mass is 16.3. The fourth-order valence-corrected chi connectivity index (χ4v) is 3.43. The average molecular weight is 300 g/mol. The van der Waals surface area contributed by atoms with Crippen molar-refractivity contribution in [1.82, 2.24) is 0 Å². The van der Waals surface area contributed by atoms with Crippen LogP contribution in [0.15, 0.2) is 57.4 Å². The molecule has 112 valence electrons. The largest absolute Gasteiger partial charge is 0.456 e. The highest BCUT2D eigenvalue weighted by Crippen LogP contribution is 2.37. The number of hydrogen-bond acceptors (Lipinski definition) is 2. The summed E-state index contributed by atoms with van der Waals surface area (Å²) in [5, 5.41) is 4.55. The molecule has 0 bridgehead atoms. The molecule has 0 unspecified atom stereocenters. The van der Waals surface area contributed by atoms with Gasteiger partial charge in [0.2, 0.25) is 0 Å². The summed E-state index contributed by atoms with van der Waals surface area (Å²) in [6.45, 7) is 4.27. The maximum atomic E-state index is 6.07. The summed E-state index contributed by atoms with van der Waals surface area (Å²) in [5.41, 5.74) is 6.26. The Bertz CT molecular complexity index is 1200. The van der Waals surface area contributed by atoms with Crippen LogP contribution in [0, 0.1) is 6.92 Å². The van der Waals surface area contributed by atoms with Crippen LogP contribution in [-0.4, -0.2) is 0 Å². The zero-order valence-corrected chi connectivity index (χ0v) is 13.1. The van der Waals surface area contributed by atoms with Crippen molar-refractivity contribution in [2.45, 2.75) is 20.3 Å². The number of rotatable bonds is 1. The topological polar surface area (TPSA) is 26.3 Å². The summed E-state index contributed by atoms with van der Waals surface area (Å²) in [6.07, 6.45) is 1.02. The van der Waals surface area contributed by atoms with Crippen LogP contribution in [0.2, 0.25) is 0 Å². The van der Waals surface area contributed by atoms with Crippen molar-refractivity contribution in [3.05, 3.63) is 59.7 Å². The van der Waals surface area contributed by atoms with Crippen LogP contribution in [0.5, 0.6) is 0 Å². The average Bonchev–Trinajstić information content (AvgIpc) is 3.09. The highest BCUT2D eigenvalue weighted by Gasteiger charge is 2.13. The van der Waals surface area contributed by atoms with Gasteiger partial charge in [0.15, 0.2) is 0 Å². The number of aryl methyl sites for hydroxylation is 2. The minimum atomic E-state index is 0.919. The van der Waals surface area contributed by atoms with Gasteiger partial charge in [-0.05, 0) is 55.3 Å². The van der Waals surface area contributed by atoms with Crippen molar-refractivity contribution < 1.29 is 8.83 Å². The first-order valence-electron chi connectivity index (χ1n) is 8.01. The minimum Gasteiger partial charge on any atom is -0.456 e. The highest BCUT2D eigenvalue weighted by molar-refractivity contribution is 6.14. The normalized spacial score (nSPS) is 12.1. The molecule has 0 saturated carbocycles. The second-order valence-corrected chi connectivity index (χ2v) is 6.23. The van der Waals surface area contributed by atoms with Gasteiger partial charge in [0.1, 0.15) is 22.3 Å². The van der Waals surface area contributed by atoms with E-state index in [4.69, 9.17) is 8.83 Å². The second-order valence-electron chi connectivity index (χ2n) is 6.23. The van der Waals surface area contributed by atoms with Gasteiger partial charge in [-0.2, -0.15) is 0 Å². The summed E-state index contributed by atoms with van der Waals surface area (Å²) in [5.74, 6) is 0. The van der Waals surface area contributed by atoms with Crippen LogP contribution in [0.1, 0.15) is 18.1 Å². The summed E-state index contributed by atoms with van der Waals surface area (Å²) in [4.78, 5) is 0. The molecule has 3 aromatic carbocycles. The minimum absolute atomic E-state index is 0.919. The molecular formula is C21H16O2. The van der Waals surface area contributed by atoms with Crippen LogP contribution in [0.3, 0.4) is 0 Å². The molecule has 0 N–H and O–H groups in total. The van der Waals surface area contributed by atoms with Crippen molar-refractivity contribution in [3.63, 3.8) is 0 Å². The van der Waals surface area contributed by atoms with Gasteiger partial charge in [-0.1, -0.05) is 24.6 Å². The molecule has 5 aromatic rings. The molecule has 0 aliphatic heterocycles. The van der Waals surface area contributed by atoms with Crippen LogP contribution in [0.4, 0.5) is 0 Å². The van der Waals surface area contributed by atoms with Crippen LogP contribution in [-0.2, 0) is 6.42 Å². The summed E-state index contributed by atoms with van der Waals surface area (Å²) in [6, 6.07) is 16.9. The molecule has 2 heterocycles. The Hall–Kier alpha value is -2.74. The van der Waals surface area contributed by atoms with Crippen LogP contribution < -0.4 is 0 Å². The van der Waals surface area contributed by atoms with Crippen LogP contribution in [0.25, 0.3) is 43.9 Å². The Morgan fingerprint density at radius 2 is 1.22 bits per heavy atom. The number of furan rings is 2. The third-order valence-electron chi connectivity index (χ3n) is 4.69. The Labute approximate surface area is 133 Å². The smallest absolute Gasteiger partial charge is 0.136 e. The standard InChI is InChI=1S/C21H16O2/c1-3-13-5-7-19-15(9-13)17-11-20-16(10-21(17)23-19)14-8-12(2)4-6-18(14)22-20/h4-11H,3H2,1-2H3. The van der Waals surface area contributed by atoms with E-state index in [1.54, 1.807) is 0 Å². The summed E-state index contributed by atoms with van der Waals surface area (Å²) in [7, 11) is 0. The fourth-order valence-electron chi connectivity index (χ4n) is 3.43. The quantitative estimate of drug-likeness (QED) is 0.360. The molecular weight excluding hydrogens is 284 g/mol. The Morgan fingerprint density at radius 3 is 1.87 bits per heavy atom. The van der Waals surface area contributed by atoms with Gasteiger partial charge in [-0.15, -0.1) is 0 Å². The van der Waals surface area contributed by atoms with E-state index in [-0.39, 0.29) is 0 Å². The van der Waals surface area contributed by atoms with Gasteiger partial charge >= 0.3 is 0 Å². The van der Waals surface area contributed by atoms with E-state index in [9.17, 15) is 0 Å². The number of benzene rings is 3. The molecule has 2 heteroatoms. The molecule has 0 aliphatic carbocycles. The van der Waals surface area contributed by atoms with Crippen LogP contribution >= 0.6 is 0 Å². The maximum absolute atomic E-state index is 6.07. The fraction of sp³-hybridized carbons (Fsp3) is 0.143. The van der Waals surface area contributed by atoms with Crippen molar-refractivity contribution in [2.75, 3.05) is 0 Å². The van der Waals surface area contributed by atoms with E-state index in [1.165, 1.54) is 11.1 Å². The summed E-state index contributed by atoms with van der Waals surface area (Å²) < 4.78 is 12.1. The molecule has 2 aromatic heterocycles. The van der Waals surface area contributed by atoms with E-state index in [1.807, 2.05) is 6.07 Å². The third-order valence-corrected chi connectivity index (χ3v) is 4.69. The van der Waals surface area contributed by atoms with E-state index in [0.717, 1.165) is 50.3 Å². The van der Waals surface area contributed by atoms with Gasteiger partial charge in [-0.3, -0.25) is 0 Å². The van der Waals surface area contributed by atoms with Gasteiger partial charge in [0.05, 0.1) is 0 Å². The van der Waals surface area contributed by atoms with Gasteiger partial charge < -0.3 is 8.83 Å². The lowest BCUT2D eigenvalue weighted by Crippen LogP contribution is -1.77. The van der Waals surface area contributed by atoms with Gasteiger partial charge in [0.25, 0.3) is 0 Å². The predicted octanol–water partition coefficient (Wildman–Crippen LogP) is 6.36. The Morgan fingerprint density at radius 1 is 0.652 bits per heavy atom. The van der Waals surface area contributed by atoms with Gasteiger partial charge in [-0.25, -0.2) is 0 Å². The van der Waals surface area contributed by atoms with E-state index in [2.05, 4.69) is 56.3 Å². The molecule has 5 rings (SSSR count). The molecule has 0 amide bonds. The predicted molar refractivity (Wildman–Crippen MR) is 95.1 cm³/mol. The van der Waals surface area contributed by atoms with Gasteiger partial charge in [0, 0.05) is 21.5 Å².